The van der Waals surface area contributed by atoms with Gasteiger partial charge in [0.2, 0.25) is 10.0 Å². The van der Waals surface area contributed by atoms with E-state index in [1.54, 1.807) is 19.1 Å². The number of fused-ring (bicyclic) bond motifs is 1. The van der Waals surface area contributed by atoms with E-state index < -0.39 is 16.1 Å². The van der Waals surface area contributed by atoms with Crippen molar-refractivity contribution in [2.45, 2.75) is 50.0 Å². The zero-order valence-electron chi connectivity index (χ0n) is 11.2. The van der Waals surface area contributed by atoms with Gasteiger partial charge in [-0.2, -0.15) is 0 Å². The summed E-state index contributed by atoms with van der Waals surface area (Å²) < 4.78 is 26.7. The zero-order valence-corrected chi connectivity index (χ0v) is 12.0. The highest BCUT2D eigenvalue weighted by atomic mass is 32.2. The van der Waals surface area contributed by atoms with Gasteiger partial charge in [-0.3, -0.25) is 0 Å². The van der Waals surface area contributed by atoms with Crippen molar-refractivity contribution in [1.82, 2.24) is 4.72 Å². The van der Waals surface area contributed by atoms with E-state index in [1.807, 2.05) is 6.07 Å². The molecule has 0 bridgehead atoms. The Morgan fingerprint density at radius 1 is 1.26 bits per heavy atom. The molecule has 1 aromatic carbocycles. The fourth-order valence-corrected chi connectivity index (χ4v) is 3.46. The molecule has 0 heterocycles. The molecule has 106 valence electrons. The van der Waals surface area contributed by atoms with Crippen molar-refractivity contribution in [3.63, 3.8) is 0 Å². The minimum absolute atomic E-state index is 0.261. The third-order valence-corrected chi connectivity index (χ3v) is 4.94. The van der Waals surface area contributed by atoms with Crippen LogP contribution in [0.1, 0.15) is 37.3 Å². The molecule has 0 radical (unpaired) electrons. The molecule has 1 aliphatic carbocycles. The van der Waals surface area contributed by atoms with Crippen LogP contribution in [0.2, 0.25) is 0 Å². The highest BCUT2D eigenvalue weighted by Crippen LogP contribution is 2.23. The van der Waals surface area contributed by atoms with Gasteiger partial charge in [-0.15, -0.1) is 0 Å². The lowest BCUT2D eigenvalue weighted by Crippen LogP contribution is -2.27. The fraction of sp³-hybridized carbons (Fsp3) is 0.571. The molecule has 1 aliphatic rings. The Labute approximate surface area is 114 Å². The van der Waals surface area contributed by atoms with E-state index in [0.29, 0.717) is 11.3 Å². The van der Waals surface area contributed by atoms with Gasteiger partial charge in [0.05, 0.1) is 11.0 Å². The minimum atomic E-state index is -3.45. The number of aliphatic hydroxyl groups is 1. The lowest BCUT2D eigenvalue weighted by molar-refractivity contribution is 0.186. The first-order valence-corrected chi connectivity index (χ1v) is 8.27. The van der Waals surface area contributed by atoms with Gasteiger partial charge in [0, 0.05) is 6.54 Å². The Bertz CT molecular complexity index is 538. The summed E-state index contributed by atoms with van der Waals surface area (Å²) in [5, 5.41) is 9.14. The maximum Gasteiger partial charge on any atom is 0.240 e. The van der Waals surface area contributed by atoms with Crippen molar-refractivity contribution in [2.24, 2.45) is 0 Å². The van der Waals surface area contributed by atoms with Crippen LogP contribution in [0.15, 0.2) is 23.1 Å². The maximum absolute atomic E-state index is 12.1. The van der Waals surface area contributed by atoms with Crippen LogP contribution in [0, 0.1) is 0 Å². The van der Waals surface area contributed by atoms with Crippen LogP contribution in [0.3, 0.4) is 0 Å². The topological polar surface area (TPSA) is 66.4 Å². The van der Waals surface area contributed by atoms with E-state index in [2.05, 4.69) is 4.72 Å². The van der Waals surface area contributed by atoms with Gasteiger partial charge in [0.25, 0.3) is 0 Å². The van der Waals surface area contributed by atoms with E-state index in [9.17, 15) is 8.42 Å². The van der Waals surface area contributed by atoms with Crippen molar-refractivity contribution in [2.75, 3.05) is 6.54 Å². The molecule has 0 saturated carbocycles. The Hall–Kier alpha value is -0.910. The maximum atomic E-state index is 12.1. The average Bonchev–Trinajstić information content (AvgIpc) is 2.37. The summed E-state index contributed by atoms with van der Waals surface area (Å²) in [6.07, 6.45) is 4.26. The van der Waals surface area contributed by atoms with Crippen LogP contribution in [0.5, 0.6) is 0 Å². The second kappa shape index (κ2) is 6.03. The molecule has 2 rings (SSSR count). The second-order valence-corrected chi connectivity index (χ2v) is 6.94. The first-order chi connectivity index (χ1) is 8.99. The van der Waals surface area contributed by atoms with Crippen LogP contribution in [-0.2, 0) is 22.9 Å². The number of nitrogens with one attached hydrogen (secondary N) is 1. The predicted molar refractivity (Wildman–Crippen MR) is 74.6 cm³/mol. The number of aliphatic hydroxyl groups excluding tert-OH is 1. The van der Waals surface area contributed by atoms with Gasteiger partial charge in [0.15, 0.2) is 0 Å². The van der Waals surface area contributed by atoms with Crippen molar-refractivity contribution in [3.8, 4) is 0 Å². The molecule has 0 aromatic heterocycles. The lowest BCUT2D eigenvalue weighted by Gasteiger charge is -2.17. The Kier molecular flexibility index (Phi) is 4.60. The summed E-state index contributed by atoms with van der Waals surface area (Å²) in [4.78, 5) is 0.332. The molecule has 1 atom stereocenters. The number of aryl methyl sites for hydroxylation is 2. The van der Waals surface area contributed by atoms with E-state index in [-0.39, 0.29) is 6.54 Å². The lowest BCUT2D eigenvalue weighted by atomic mass is 9.92. The normalized spacial score (nSPS) is 16.9. The summed E-state index contributed by atoms with van der Waals surface area (Å²) in [5.74, 6) is 0. The first-order valence-electron chi connectivity index (χ1n) is 6.78. The van der Waals surface area contributed by atoms with E-state index in [4.69, 9.17) is 5.11 Å². The van der Waals surface area contributed by atoms with E-state index in [1.165, 1.54) is 12.0 Å². The largest absolute Gasteiger partial charge is 0.393 e. The molecule has 4 nitrogen and oxygen atoms in total. The highest BCUT2D eigenvalue weighted by molar-refractivity contribution is 7.89. The van der Waals surface area contributed by atoms with Crippen LogP contribution < -0.4 is 4.72 Å². The minimum Gasteiger partial charge on any atom is -0.393 e. The SMILES string of the molecule is C[C@@H](O)CCNS(=O)(=O)c1ccc2c(c1)CCCC2. The molecule has 0 spiro atoms. The molecule has 0 fully saturated rings. The average molecular weight is 283 g/mol. The standard InChI is InChI=1S/C14H21NO3S/c1-11(16)8-9-15-19(17,18)14-7-6-12-4-2-3-5-13(12)10-14/h6-7,10-11,15-16H,2-5,8-9H2,1H3/t11-/m1/s1. The second-order valence-electron chi connectivity index (χ2n) is 5.17. The smallest absolute Gasteiger partial charge is 0.240 e. The van der Waals surface area contributed by atoms with Crippen LogP contribution in [0.4, 0.5) is 0 Å². The number of benzene rings is 1. The van der Waals surface area contributed by atoms with Crippen LogP contribution >= 0.6 is 0 Å². The zero-order chi connectivity index (χ0) is 13.9. The molecule has 0 aliphatic heterocycles. The molecule has 0 unspecified atom stereocenters. The molecular formula is C14H21NO3S. The highest BCUT2D eigenvalue weighted by Gasteiger charge is 2.17. The Balaban J connectivity index is 2.12. The van der Waals surface area contributed by atoms with Crippen LogP contribution in [0.25, 0.3) is 0 Å². The fourth-order valence-electron chi connectivity index (χ4n) is 2.36. The van der Waals surface area contributed by atoms with Gasteiger partial charge < -0.3 is 5.11 Å². The van der Waals surface area contributed by atoms with E-state index >= 15 is 0 Å². The summed E-state index contributed by atoms with van der Waals surface area (Å²) >= 11 is 0. The summed E-state index contributed by atoms with van der Waals surface area (Å²) in [7, 11) is -3.45. The van der Waals surface area contributed by atoms with Gasteiger partial charge in [-0.25, -0.2) is 13.1 Å². The molecule has 1 aromatic rings. The van der Waals surface area contributed by atoms with Crippen molar-refractivity contribution in [1.29, 1.82) is 0 Å². The third-order valence-electron chi connectivity index (χ3n) is 3.48. The molecule has 0 amide bonds. The monoisotopic (exact) mass is 283 g/mol. The molecule has 0 saturated heterocycles. The third kappa shape index (κ3) is 3.78. The Morgan fingerprint density at radius 2 is 1.95 bits per heavy atom. The van der Waals surface area contributed by atoms with Crippen molar-refractivity contribution < 1.29 is 13.5 Å². The number of rotatable bonds is 5. The van der Waals surface area contributed by atoms with E-state index in [0.717, 1.165) is 24.8 Å². The molecular weight excluding hydrogens is 262 g/mol. The quantitative estimate of drug-likeness (QED) is 0.863. The predicted octanol–water partition coefficient (Wildman–Crippen LogP) is 1.61. The molecule has 2 N–H and O–H groups in total. The number of hydrogen-bond acceptors (Lipinski definition) is 3. The van der Waals surface area contributed by atoms with Gasteiger partial charge >= 0.3 is 0 Å². The van der Waals surface area contributed by atoms with Gasteiger partial charge in [-0.05, 0) is 62.3 Å². The Morgan fingerprint density at radius 3 is 2.63 bits per heavy atom. The summed E-state index contributed by atoms with van der Waals surface area (Å²) in [6.45, 7) is 1.91. The number of sulfonamides is 1. The first kappa shape index (κ1) is 14.5. The summed E-state index contributed by atoms with van der Waals surface area (Å²) in [6, 6.07) is 5.39. The number of hydrogen-bond donors (Lipinski definition) is 2. The van der Waals surface area contributed by atoms with Crippen molar-refractivity contribution in [3.05, 3.63) is 29.3 Å². The van der Waals surface area contributed by atoms with Gasteiger partial charge in [0.1, 0.15) is 0 Å². The van der Waals surface area contributed by atoms with Crippen molar-refractivity contribution >= 4 is 10.0 Å². The molecule has 19 heavy (non-hydrogen) atoms. The molecule has 5 heteroatoms. The van der Waals surface area contributed by atoms with Gasteiger partial charge in [-0.1, -0.05) is 6.07 Å². The van der Waals surface area contributed by atoms with Crippen LogP contribution in [-0.4, -0.2) is 26.2 Å². The summed E-state index contributed by atoms with van der Waals surface area (Å²) in [5.41, 5.74) is 2.43.